The molecular formula is C16H25N3O2. The first-order chi connectivity index (χ1) is 10.2. The lowest BCUT2D eigenvalue weighted by molar-refractivity contribution is -0.133. The third-order valence-electron chi connectivity index (χ3n) is 4.06. The molecule has 1 atom stereocenters. The quantitative estimate of drug-likeness (QED) is 0.854. The lowest BCUT2D eigenvalue weighted by atomic mass is 10.1. The van der Waals surface area contributed by atoms with E-state index in [0.717, 1.165) is 44.0 Å². The van der Waals surface area contributed by atoms with Gasteiger partial charge in [-0.05, 0) is 19.5 Å². The van der Waals surface area contributed by atoms with E-state index in [1.807, 2.05) is 36.1 Å². The van der Waals surface area contributed by atoms with Gasteiger partial charge in [-0.1, -0.05) is 25.1 Å². The largest absolute Gasteiger partial charge is 0.392 e. The number of benzene rings is 1. The Morgan fingerprint density at radius 3 is 2.57 bits per heavy atom. The highest BCUT2D eigenvalue weighted by molar-refractivity contribution is 5.84. The number of carbonyl (C=O) groups excluding carboxylic acids is 1. The Morgan fingerprint density at radius 1 is 1.29 bits per heavy atom. The Hall–Kier alpha value is -1.59. The molecule has 2 rings (SSSR count). The first kappa shape index (κ1) is 15.8. The highest BCUT2D eigenvalue weighted by Gasteiger charge is 2.24. The van der Waals surface area contributed by atoms with Crippen molar-refractivity contribution in [2.45, 2.75) is 26.5 Å². The molecular weight excluding hydrogens is 266 g/mol. The van der Waals surface area contributed by atoms with Crippen molar-refractivity contribution in [3.8, 4) is 0 Å². The molecule has 1 aromatic carbocycles. The van der Waals surface area contributed by atoms with Gasteiger partial charge in [0, 0.05) is 37.4 Å². The van der Waals surface area contributed by atoms with Gasteiger partial charge in [-0.25, -0.2) is 0 Å². The minimum Gasteiger partial charge on any atom is -0.392 e. The van der Waals surface area contributed by atoms with Gasteiger partial charge < -0.3 is 20.2 Å². The number of aliphatic hydroxyl groups excluding tert-OH is 1. The maximum atomic E-state index is 12.5. The number of anilines is 1. The van der Waals surface area contributed by atoms with E-state index in [2.05, 4.69) is 17.1 Å². The lowest BCUT2D eigenvalue weighted by Crippen LogP contribution is -2.52. The van der Waals surface area contributed by atoms with Gasteiger partial charge in [-0.3, -0.25) is 4.79 Å². The summed E-state index contributed by atoms with van der Waals surface area (Å²) in [6.07, 6.45) is 0. The fourth-order valence-corrected chi connectivity index (χ4v) is 2.65. The number of hydrogen-bond donors (Lipinski definition) is 2. The molecule has 1 aromatic rings. The molecule has 1 saturated heterocycles. The van der Waals surface area contributed by atoms with Crippen LogP contribution in [0.5, 0.6) is 0 Å². The number of carbonyl (C=O) groups is 1. The number of nitrogens with one attached hydrogen (secondary N) is 1. The van der Waals surface area contributed by atoms with Crippen LogP contribution in [0.3, 0.4) is 0 Å². The number of likely N-dealkylation sites (N-methyl/N-ethyl adjacent to an activating group) is 1. The Balaban J connectivity index is 1.94. The summed E-state index contributed by atoms with van der Waals surface area (Å²) >= 11 is 0. The zero-order valence-corrected chi connectivity index (χ0v) is 12.9. The summed E-state index contributed by atoms with van der Waals surface area (Å²) in [5.74, 6) is 0.124. The molecule has 1 amide bonds. The smallest absolute Gasteiger partial charge is 0.244 e. The van der Waals surface area contributed by atoms with Crippen LogP contribution in [0.1, 0.15) is 19.4 Å². The molecule has 0 radical (unpaired) electrons. The van der Waals surface area contributed by atoms with Gasteiger partial charge in [0.1, 0.15) is 6.04 Å². The van der Waals surface area contributed by atoms with E-state index in [1.165, 1.54) is 0 Å². The van der Waals surface area contributed by atoms with Gasteiger partial charge in [0.25, 0.3) is 0 Å². The van der Waals surface area contributed by atoms with Crippen LogP contribution in [-0.2, 0) is 11.4 Å². The minimum absolute atomic E-state index is 0.0285. The van der Waals surface area contributed by atoms with Crippen LogP contribution in [0, 0.1) is 0 Å². The molecule has 1 heterocycles. The molecule has 0 spiro atoms. The lowest BCUT2D eigenvalue weighted by Gasteiger charge is -2.35. The van der Waals surface area contributed by atoms with E-state index < -0.39 is 0 Å². The molecule has 0 aromatic heterocycles. The molecule has 5 nitrogen and oxygen atoms in total. The number of amides is 1. The van der Waals surface area contributed by atoms with Crippen LogP contribution in [0.4, 0.5) is 5.69 Å². The van der Waals surface area contributed by atoms with Crippen LogP contribution in [0.15, 0.2) is 24.3 Å². The van der Waals surface area contributed by atoms with Gasteiger partial charge in [-0.2, -0.15) is 0 Å². The number of para-hydroxylation sites is 1. The maximum Gasteiger partial charge on any atom is 0.244 e. The van der Waals surface area contributed by atoms with Crippen molar-refractivity contribution in [2.24, 2.45) is 0 Å². The summed E-state index contributed by atoms with van der Waals surface area (Å²) in [6, 6.07) is 7.25. The number of piperazine rings is 1. The average Bonchev–Trinajstić information content (AvgIpc) is 2.54. The topological polar surface area (TPSA) is 55.8 Å². The van der Waals surface area contributed by atoms with Gasteiger partial charge >= 0.3 is 0 Å². The summed E-state index contributed by atoms with van der Waals surface area (Å²) < 4.78 is 0. The van der Waals surface area contributed by atoms with Crippen molar-refractivity contribution in [1.29, 1.82) is 0 Å². The predicted molar refractivity (Wildman–Crippen MR) is 84.1 cm³/mol. The van der Waals surface area contributed by atoms with Gasteiger partial charge in [0.2, 0.25) is 5.91 Å². The fraction of sp³-hybridized carbons (Fsp3) is 0.562. The van der Waals surface area contributed by atoms with Crippen molar-refractivity contribution in [1.82, 2.24) is 9.80 Å². The normalized spacial score (nSPS) is 17.6. The standard InChI is InChI=1S/C16H25N3O2/c1-3-18-8-10-19(11-9-18)16(21)13(2)17-15-7-5-4-6-14(15)12-20/h4-7,13,17,20H,3,8-12H2,1-2H3. The minimum atomic E-state index is -0.286. The van der Waals surface area contributed by atoms with Crippen molar-refractivity contribution < 1.29 is 9.90 Å². The van der Waals surface area contributed by atoms with Gasteiger partial charge in [-0.15, -0.1) is 0 Å². The van der Waals surface area contributed by atoms with Gasteiger partial charge in [0.05, 0.1) is 6.61 Å². The van der Waals surface area contributed by atoms with Crippen molar-refractivity contribution in [3.05, 3.63) is 29.8 Å². The fourth-order valence-electron chi connectivity index (χ4n) is 2.65. The molecule has 1 aliphatic rings. The highest BCUT2D eigenvalue weighted by atomic mass is 16.3. The summed E-state index contributed by atoms with van der Waals surface area (Å²) in [5, 5.41) is 12.6. The second-order valence-corrected chi connectivity index (χ2v) is 5.44. The van der Waals surface area contributed by atoms with Crippen LogP contribution in [0.25, 0.3) is 0 Å². The Kier molecular flexibility index (Phi) is 5.59. The summed E-state index contributed by atoms with van der Waals surface area (Å²) in [5.41, 5.74) is 1.64. The Labute approximate surface area is 126 Å². The molecule has 1 fully saturated rings. The third kappa shape index (κ3) is 3.95. The van der Waals surface area contributed by atoms with Crippen molar-refractivity contribution in [2.75, 3.05) is 38.0 Å². The van der Waals surface area contributed by atoms with E-state index in [9.17, 15) is 9.90 Å². The summed E-state index contributed by atoms with van der Waals surface area (Å²) in [4.78, 5) is 16.8. The van der Waals surface area contributed by atoms with E-state index in [1.54, 1.807) is 0 Å². The number of aliphatic hydroxyl groups is 1. The number of nitrogens with zero attached hydrogens (tertiary/aromatic N) is 2. The van der Waals surface area contributed by atoms with E-state index in [4.69, 9.17) is 0 Å². The van der Waals surface area contributed by atoms with Crippen LogP contribution in [-0.4, -0.2) is 59.6 Å². The number of rotatable bonds is 5. The Bertz CT molecular complexity index is 470. The van der Waals surface area contributed by atoms with Gasteiger partial charge in [0.15, 0.2) is 0 Å². The highest BCUT2D eigenvalue weighted by Crippen LogP contribution is 2.16. The molecule has 116 valence electrons. The first-order valence-corrected chi connectivity index (χ1v) is 7.62. The van der Waals surface area contributed by atoms with E-state index in [-0.39, 0.29) is 18.6 Å². The Morgan fingerprint density at radius 2 is 1.95 bits per heavy atom. The van der Waals surface area contributed by atoms with Crippen LogP contribution in [0.2, 0.25) is 0 Å². The summed E-state index contributed by atoms with van der Waals surface area (Å²) in [6.45, 7) is 8.51. The number of hydrogen-bond acceptors (Lipinski definition) is 4. The van der Waals surface area contributed by atoms with Crippen LogP contribution >= 0.6 is 0 Å². The second-order valence-electron chi connectivity index (χ2n) is 5.44. The van der Waals surface area contributed by atoms with E-state index >= 15 is 0 Å². The molecule has 2 N–H and O–H groups in total. The molecule has 1 aliphatic heterocycles. The summed E-state index contributed by atoms with van der Waals surface area (Å²) in [7, 11) is 0. The van der Waals surface area contributed by atoms with Crippen molar-refractivity contribution >= 4 is 11.6 Å². The average molecular weight is 291 g/mol. The molecule has 0 bridgehead atoms. The zero-order chi connectivity index (χ0) is 15.2. The van der Waals surface area contributed by atoms with E-state index in [0.29, 0.717) is 0 Å². The molecule has 5 heteroatoms. The molecule has 21 heavy (non-hydrogen) atoms. The molecule has 0 saturated carbocycles. The second kappa shape index (κ2) is 7.43. The first-order valence-electron chi connectivity index (χ1n) is 7.62. The maximum absolute atomic E-state index is 12.5. The SMILES string of the molecule is CCN1CCN(C(=O)C(C)Nc2ccccc2CO)CC1. The predicted octanol–water partition coefficient (Wildman–Crippen LogP) is 1.14. The van der Waals surface area contributed by atoms with Crippen molar-refractivity contribution in [3.63, 3.8) is 0 Å². The zero-order valence-electron chi connectivity index (χ0n) is 12.9. The molecule has 1 unspecified atom stereocenters. The molecule has 0 aliphatic carbocycles. The van der Waals surface area contributed by atoms with Crippen LogP contribution < -0.4 is 5.32 Å². The third-order valence-corrected chi connectivity index (χ3v) is 4.06. The monoisotopic (exact) mass is 291 g/mol.